The van der Waals surface area contributed by atoms with E-state index in [1.54, 1.807) is 6.92 Å². The lowest BCUT2D eigenvalue weighted by Gasteiger charge is -2.16. The summed E-state index contributed by atoms with van der Waals surface area (Å²) in [7, 11) is -4.87. The van der Waals surface area contributed by atoms with Gasteiger partial charge in [0.05, 0.1) is 6.42 Å². The van der Waals surface area contributed by atoms with Crippen LogP contribution in [0.5, 0.6) is 0 Å². The highest BCUT2D eigenvalue weighted by Gasteiger charge is 2.36. The van der Waals surface area contributed by atoms with Crippen molar-refractivity contribution in [1.82, 2.24) is 0 Å². The standard InChI is InChI=1S/C9H14O8S/c1-3-8(16-4-2)17-9(12)6(5-7(10)11)18(13,14)15/h3,6,8H,1,4-5H2,2H3,(H,10,11)(H,13,14,15). The smallest absolute Gasteiger partial charge is 0.330 e. The monoisotopic (exact) mass is 282 g/mol. The molecule has 104 valence electrons. The molecule has 0 fully saturated rings. The van der Waals surface area contributed by atoms with Gasteiger partial charge in [0.15, 0.2) is 5.25 Å². The molecule has 0 rings (SSSR count). The van der Waals surface area contributed by atoms with Crippen molar-refractivity contribution >= 4 is 22.1 Å². The van der Waals surface area contributed by atoms with Crippen molar-refractivity contribution in [2.75, 3.05) is 6.61 Å². The molecule has 0 aliphatic carbocycles. The maximum Gasteiger partial charge on any atom is 0.330 e. The fraction of sp³-hybridized carbons (Fsp3) is 0.556. The van der Waals surface area contributed by atoms with E-state index in [9.17, 15) is 18.0 Å². The highest BCUT2D eigenvalue weighted by atomic mass is 32.2. The molecule has 0 amide bonds. The highest BCUT2D eigenvalue weighted by Crippen LogP contribution is 2.10. The molecule has 18 heavy (non-hydrogen) atoms. The lowest BCUT2D eigenvalue weighted by molar-refractivity contribution is -0.168. The van der Waals surface area contributed by atoms with Crippen LogP contribution in [0.25, 0.3) is 0 Å². The first-order chi connectivity index (χ1) is 8.22. The van der Waals surface area contributed by atoms with Gasteiger partial charge in [-0.15, -0.1) is 0 Å². The van der Waals surface area contributed by atoms with Crippen LogP contribution < -0.4 is 0 Å². The van der Waals surface area contributed by atoms with Gasteiger partial charge in [-0.2, -0.15) is 8.42 Å². The Morgan fingerprint density at radius 2 is 2.00 bits per heavy atom. The summed E-state index contributed by atoms with van der Waals surface area (Å²) in [6.07, 6.45) is -1.22. The van der Waals surface area contributed by atoms with Crippen molar-refractivity contribution in [3.63, 3.8) is 0 Å². The van der Waals surface area contributed by atoms with E-state index in [2.05, 4.69) is 11.3 Å². The van der Waals surface area contributed by atoms with Crippen LogP contribution in [-0.4, -0.2) is 48.2 Å². The van der Waals surface area contributed by atoms with E-state index in [1.165, 1.54) is 0 Å². The predicted octanol–water partition coefficient (Wildman–Crippen LogP) is -0.191. The van der Waals surface area contributed by atoms with Crippen LogP contribution in [-0.2, 0) is 29.2 Å². The number of hydrogen-bond donors (Lipinski definition) is 2. The Kier molecular flexibility index (Phi) is 6.52. The van der Waals surface area contributed by atoms with Gasteiger partial charge in [-0.1, -0.05) is 6.58 Å². The second kappa shape index (κ2) is 7.09. The second-order valence-corrected chi connectivity index (χ2v) is 4.70. The minimum absolute atomic E-state index is 0.166. The molecule has 2 atom stereocenters. The number of carboxylic acids is 1. The number of esters is 1. The third-order valence-electron chi connectivity index (χ3n) is 1.74. The molecule has 0 aromatic carbocycles. The van der Waals surface area contributed by atoms with Gasteiger partial charge in [0.1, 0.15) is 0 Å². The number of aliphatic carboxylic acids is 1. The Bertz CT molecular complexity index is 412. The first-order valence-corrected chi connectivity index (χ1v) is 6.35. The Balaban J connectivity index is 4.87. The number of hydrogen-bond acceptors (Lipinski definition) is 6. The number of rotatable bonds is 8. The van der Waals surface area contributed by atoms with Gasteiger partial charge in [-0.3, -0.25) is 14.1 Å². The summed E-state index contributed by atoms with van der Waals surface area (Å²) in [6.45, 7) is 5.05. The molecule has 0 heterocycles. The van der Waals surface area contributed by atoms with Crippen molar-refractivity contribution in [3.05, 3.63) is 12.7 Å². The van der Waals surface area contributed by atoms with Crippen LogP contribution in [0.4, 0.5) is 0 Å². The molecule has 9 heteroatoms. The minimum Gasteiger partial charge on any atom is -0.481 e. The van der Waals surface area contributed by atoms with Gasteiger partial charge in [0.25, 0.3) is 10.1 Å². The van der Waals surface area contributed by atoms with Gasteiger partial charge >= 0.3 is 11.9 Å². The summed E-state index contributed by atoms with van der Waals surface area (Å²) in [6, 6.07) is 0. The highest BCUT2D eigenvalue weighted by molar-refractivity contribution is 7.87. The van der Waals surface area contributed by atoms with Gasteiger partial charge in [0, 0.05) is 6.61 Å². The molecule has 0 bridgehead atoms. The van der Waals surface area contributed by atoms with E-state index in [4.69, 9.17) is 14.4 Å². The van der Waals surface area contributed by atoms with Gasteiger partial charge in [-0.05, 0) is 13.0 Å². The Morgan fingerprint density at radius 1 is 1.44 bits per heavy atom. The second-order valence-electron chi connectivity index (χ2n) is 3.10. The van der Waals surface area contributed by atoms with E-state index in [-0.39, 0.29) is 6.61 Å². The fourth-order valence-electron chi connectivity index (χ4n) is 0.974. The van der Waals surface area contributed by atoms with E-state index in [1.807, 2.05) is 0 Å². The van der Waals surface area contributed by atoms with Gasteiger partial charge in [0.2, 0.25) is 6.29 Å². The molecule has 8 nitrogen and oxygen atoms in total. The minimum atomic E-state index is -4.87. The largest absolute Gasteiger partial charge is 0.481 e. The molecule has 0 spiro atoms. The molecule has 0 aromatic heterocycles. The van der Waals surface area contributed by atoms with E-state index in [0.29, 0.717) is 0 Å². The van der Waals surface area contributed by atoms with E-state index in [0.717, 1.165) is 6.08 Å². The van der Waals surface area contributed by atoms with Gasteiger partial charge < -0.3 is 14.6 Å². The average Bonchev–Trinajstić information content (AvgIpc) is 2.23. The Labute approximate surface area is 104 Å². The van der Waals surface area contributed by atoms with Crippen molar-refractivity contribution in [1.29, 1.82) is 0 Å². The van der Waals surface area contributed by atoms with Crippen LogP contribution in [0.2, 0.25) is 0 Å². The van der Waals surface area contributed by atoms with Crippen LogP contribution in [0, 0.1) is 0 Å². The summed E-state index contributed by atoms with van der Waals surface area (Å²) < 4.78 is 39.9. The molecule has 2 N–H and O–H groups in total. The van der Waals surface area contributed by atoms with Crippen molar-refractivity contribution < 1.29 is 37.1 Å². The van der Waals surface area contributed by atoms with Crippen LogP contribution >= 0.6 is 0 Å². The van der Waals surface area contributed by atoms with Crippen LogP contribution in [0.3, 0.4) is 0 Å². The van der Waals surface area contributed by atoms with E-state index >= 15 is 0 Å². The third kappa shape index (κ3) is 5.75. The van der Waals surface area contributed by atoms with E-state index < -0.39 is 40.0 Å². The summed E-state index contributed by atoms with van der Waals surface area (Å²) >= 11 is 0. The summed E-state index contributed by atoms with van der Waals surface area (Å²) in [5.41, 5.74) is 0. The molecule has 0 saturated carbocycles. The molecular weight excluding hydrogens is 268 g/mol. The fourth-order valence-corrected chi connectivity index (χ4v) is 1.63. The third-order valence-corrected chi connectivity index (χ3v) is 2.82. The number of ether oxygens (including phenoxy) is 2. The predicted molar refractivity (Wildman–Crippen MR) is 59.3 cm³/mol. The van der Waals surface area contributed by atoms with Gasteiger partial charge in [-0.25, -0.2) is 0 Å². The Hall–Kier alpha value is -1.45. The lowest BCUT2D eigenvalue weighted by Crippen LogP contribution is -2.36. The molecule has 2 unspecified atom stereocenters. The molecule has 0 aliphatic heterocycles. The first-order valence-electron chi connectivity index (χ1n) is 4.85. The molecule has 0 radical (unpaired) electrons. The molecule has 0 aliphatic rings. The molecular formula is C9H14O8S. The number of carbonyl (C=O) groups is 2. The zero-order valence-electron chi connectivity index (χ0n) is 9.61. The molecule has 0 saturated heterocycles. The summed E-state index contributed by atoms with van der Waals surface area (Å²) in [5.74, 6) is -2.99. The van der Waals surface area contributed by atoms with Crippen LogP contribution in [0.15, 0.2) is 12.7 Å². The van der Waals surface area contributed by atoms with Crippen molar-refractivity contribution in [3.8, 4) is 0 Å². The maximum absolute atomic E-state index is 11.4. The van der Waals surface area contributed by atoms with Crippen molar-refractivity contribution in [2.45, 2.75) is 24.9 Å². The SMILES string of the molecule is C=CC(OCC)OC(=O)C(CC(=O)O)S(=O)(=O)O. The average molecular weight is 282 g/mol. The quantitative estimate of drug-likeness (QED) is 0.271. The number of carbonyl (C=O) groups excluding carboxylic acids is 1. The Morgan fingerprint density at radius 3 is 2.33 bits per heavy atom. The van der Waals surface area contributed by atoms with Crippen molar-refractivity contribution in [2.24, 2.45) is 0 Å². The first kappa shape index (κ1) is 16.6. The maximum atomic E-state index is 11.4. The normalized spacial score (nSPS) is 14.6. The zero-order chi connectivity index (χ0) is 14.3. The summed E-state index contributed by atoms with van der Waals surface area (Å²) in [5, 5.41) is 6.26. The van der Waals surface area contributed by atoms with Crippen LogP contribution in [0.1, 0.15) is 13.3 Å². The topological polar surface area (TPSA) is 127 Å². The molecule has 0 aromatic rings. The zero-order valence-corrected chi connectivity index (χ0v) is 10.4. The number of carboxylic acid groups (broad SMARTS) is 1. The summed E-state index contributed by atoms with van der Waals surface area (Å²) in [4.78, 5) is 21.8. The lowest BCUT2D eigenvalue weighted by atomic mass is 10.3.